The van der Waals surface area contributed by atoms with Gasteiger partial charge in [-0.15, -0.1) is 24.0 Å². The van der Waals surface area contributed by atoms with Crippen molar-refractivity contribution in [2.24, 2.45) is 22.1 Å². The average molecular weight is 417 g/mol. The summed E-state index contributed by atoms with van der Waals surface area (Å²) in [6.45, 7) is 0.851. The van der Waals surface area contributed by atoms with Crippen LogP contribution in [-0.4, -0.2) is 26.7 Å². The Morgan fingerprint density at radius 3 is 2.50 bits per heavy atom. The highest BCUT2D eigenvalue weighted by Gasteiger charge is 2.53. The molecule has 0 unspecified atom stereocenters. The van der Waals surface area contributed by atoms with Gasteiger partial charge in [-0.05, 0) is 49.1 Å². The van der Waals surface area contributed by atoms with Crippen LogP contribution in [0.1, 0.15) is 25.7 Å². The second-order valence-electron chi connectivity index (χ2n) is 6.03. The van der Waals surface area contributed by atoms with E-state index in [1.807, 2.05) is 18.2 Å². The van der Waals surface area contributed by atoms with E-state index in [4.69, 9.17) is 15.2 Å². The summed E-state index contributed by atoms with van der Waals surface area (Å²) in [7, 11) is 3.24. The Morgan fingerprint density at radius 1 is 1.27 bits per heavy atom. The summed E-state index contributed by atoms with van der Waals surface area (Å²) in [6.07, 6.45) is 5.37. The first-order valence-electron chi connectivity index (χ1n) is 7.46. The molecule has 122 valence electrons. The molecule has 2 aliphatic rings. The monoisotopic (exact) mass is 417 g/mol. The van der Waals surface area contributed by atoms with E-state index in [-0.39, 0.29) is 24.0 Å². The van der Waals surface area contributed by atoms with Gasteiger partial charge in [0.1, 0.15) is 0 Å². The van der Waals surface area contributed by atoms with Crippen molar-refractivity contribution in [3.05, 3.63) is 18.2 Å². The van der Waals surface area contributed by atoms with Crippen molar-refractivity contribution in [3.8, 4) is 11.5 Å². The molecule has 0 amide bonds. The number of methoxy groups -OCH3 is 2. The molecule has 0 heterocycles. The molecule has 2 fully saturated rings. The van der Waals surface area contributed by atoms with Crippen molar-refractivity contribution in [2.45, 2.75) is 25.7 Å². The summed E-state index contributed by atoms with van der Waals surface area (Å²) in [6, 6.07) is 5.60. The van der Waals surface area contributed by atoms with Crippen LogP contribution in [0.15, 0.2) is 23.2 Å². The average Bonchev–Trinajstić information content (AvgIpc) is 3.38. The first-order chi connectivity index (χ1) is 10.2. The van der Waals surface area contributed by atoms with Crippen molar-refractivity contribution >= 4 is 35.6 Å². The number of halogens is 1. The van der Waals surface area contributed by atoms with Gasteiger partial charge in [-0.25, -0.2) is 0 Å². The van der Waals surface area contributed by atoms with Crippen LogP contribution < -0.4 is 20.5 Å². The van der Waals surface area contributed by atoms with E-state index in [0.717, 1.165) is 18.2 Å². The molecule has 2 aliphatic carbocycles. The van der Waals surface area contributed by atoms with Gasteiger partial charge in [0.25, 0.3) is 0 Å². The molecule has 3 rings (SSSR count). The largest absolute Gasteiger partial charge is 0.493 e. The van der Waals surface area contributed by atoms with E-state index in [0.29, 0.717) is 22.9 Å². The van der Waals surface area contributed by atoms with Crippen LogP contribution in [0.2, 0.25) is 0 Å². The van der Waals surface area contributed by atoms with Crippen LogP contribution in [0.4, 0.5) is 5.69 Å². The minimum Gasteiger partial charge on any atom is -0.493 e. The highest BCUT2D eigenvalue weighted by Crippen LogP contribution is 2.61. The van der Waals surface area contributed by atoms with E-state index in [1.54, 1.807) is 14.2 Å². The Morgan fingerprint density at radius 2 is 1.95 bits per heavy atom. The fourth-order valence-electron chi connectivity index (χ4n) is 2.90. The lowest BCUT2D eigenvalue weighted by Gasteiger charge is -2.13. The van der Waals surface area contributed by atoms with E-state index in [1.165, 1.54) is 25.7 Å². The topological polar surface area (TPSA) is 68.9 Å². The predicted molar refractivity (Wildman–Crippen MR) is 99.5 cm³/mol. The van der Waals surface area contributed by atoms with Crippen molar-refractivity contribution in [3.63, 3.8) is 0 Å². The second-order valence-corrected chi connectivity index (χ2v) is 6.03. The molecule has 5 nitrogen and oxygen atoms in total. The van der Waals surface area contributed by atoms with Gasteiger partial charge in [-0.3, -0.25) is 4.99 Å². The quantitative estimate of drug-likeness (QED) is 0.424. The molecule has 0 saturated heterocycles. The molecule has 1 aromatic rings. The standard InChI is InChI=1S/C16H23N3O2.HI/c1-20-13-6-5-12(9-14(13)21-2)19-15(17)18-10-16(7-8-16)11-3-4-11;/h5-6,9,11H,3-4,7-8,10H2,1-2H3,(H3,17,18,19);1H. The molecule has 22 heavy (non-hydrogen) atoms. The molecule has 2 saturated carbocycles. The first kappa shape index (κ1) is 17.2. The number of nitrogens with one attached hydrogen (secondary N) is 1. The summed E-state index contributed by atoms with van der Waals surface area (Å²) in [5, 5.41) is 3.12. The van der Waals surface area contributed by atoms with Crippen molar-refractivity contribution in [1.82, 2.24) is 0 Å². The molecule has 0 aliphatic heterocycles. The Kier molecular flexibility index (Phi) is 5.41. The molecule has 0 spiro atoms. The summed E-state index contributed by atoms with van der Waals surface area (Å²) in [4.78, 5) is 4.52. The Labute approximate surface area is 148 Å². The zero-order valence-electron chi connectivity index (χ0n) is 13.1. The van der Waals surface area contributed by atoms with Crippen molar-refractivity contribution < 1.29 is 9.47 Å². The van der Waals surface area contributed by atoms with Crippen molar-refractivity contribution in [1.29, 1.82) is 0 Å². The third-order valence-electron chi connectivity index (χ3n) is 4.56. The number of hydrogen-bond donors (Lipinski definition) is 2. The summed E-state index contributed by atoms with van der Waals surface area (Å²) >= 11 is 0. The Hall–Kier alpha value is -1.18. The third kappa shape index (κ3) is 3.77. The fraction of sp³-hybridized carbons (Fsp3) is 0.562. The number of guanidine groups is 1. The zero-order valence-corrected chi connectivity index (χ0v) is 15.4. The second kappa shape index (κ2) is 6.93. The van der Waals surface area contributed by atoms with Crippen LogP contribution >= 0.6 is 24.0 Å². The Bertz CT molecular complexity index is 554. The lowest BCUT2D eigenvalue weighted by Crippen LogP contribution is -2.24. The van der Waals surface area contributed by atoms with E-state index in [9.17, 15) is 0 Å². The normalized spacial score (nSPS) is 19.1. The number of hydrogen-bond acceptors (Lipinski definition) is 3. The lowest BCUT2D eigenvalue weighted by molar-refractivity contribution is 0.355. The smallest absolute Gasteiger partial charge is 0.193 e. The van der Waals surface area contributed by atoms with Crippen LogP contribution in [-0.2, 0) is 0 Å². The third-order valence-corrected chi connectivity index (χ3v) is 4.56. The zero-order chi connectivity index (χ0) is 14.9. The molecule has 1 aromatic carbocycles. The van der Waals surface area contributed by atoms with Crippen LogP contribution in [0.25, 0.3) is 0 Å². The fourth-order valence-corrected chi connectivity index (χ4v) is 2.90. The number of rotatable bonds is 6. The molecule has 0 radical (unpaired) electrons. The van der Waals surface area contributed by atoms with Gasteiger partial charge in [-0.1, -0.05) is 0 Å². The number of ether oxygens (including phenoxy) is 2. The van der Waals surface area contributed by atoms with E-state index in [2.05, 4.69) is 10.3 Å². The molecule has 0 bridgehead atoms. The van der Waals surface area contributed by atoms with Gasteiger partial charge in [-0.2, -0.15) is 0 Å². The summed E-state index contributed by atoms with van der Waals surface area (Å²) in [5.41, 5.74) is 7.32. The molecular weight excluding hydrogens is 393 g/mol. The van der Waals surface area contributed by atoms with Gasteiger partial charge in [0, 0.05) is 18.3 Å². The highest BCUT2D eigenvalue weighted by atomic mass is 127. The number of benzene rings is 1. The first-order valence-corrected chi connectivity index (χ1v) is 7.46. The van der Waals surface area contributed by atoms with Gasteiger partial charge in [0.05, 0.1) is 14.2 Å². The van der Waals surface area contributed by atoms with Gasteiger partial charge < -0.3 is 20.5 Å². The number of aliphatic imine (C=N–C) groups is 1. The number of nitrogens with zero attached hydrogens (tertiary/aromatic N) is 1. The summed E-state index contributed by atoms with van der Waals surface area (Å²) < 4.78 is 10.5. The van der Waals surface area contributed by atoms with Gasteiger partial charge in [0.15, 0.2) is 17.5 Å². The number of nitrogens with two attached hydrogens (primary N) is 1. The molecule has 0 aromatic heterocycles. The van der Waals surface area contributed by atoms with E-state index >= 15 is 0 Å². The maximum absolute atomic E-state index is 5.99. The van der Waals surface area contributed by atoms with Crippen molar-refractivity contribution in [2.75, 3.05) is 26.1 Å². The summed E-state index contributed by atoms with van der Waals surface area (Å²) in [5.74, 6) is 2.74. The highest BCUT2D eigenvalue weighted by molar-refractivity contribution is 14.0. The SMILES string of the molecule is COc1ccc(NC(N)=NCC2(C3CC3)CC2)cc1OC.I. The van der Waals surface area contributed by atoms with Gasteiger partial charge >= 0.3 is 0 Å². The van der Waals surface area contributed by atoms with Crippen LogP contribution in [0.5, 0.6) is 11.5 Å². The maximum atomic E-state index is 5.99. The van der Waals surface area contributed by atoms with E-state index < -0.39 is 0 Å². The minimum absolute atomic E-state index is 0. The predicted octanol–water partition coefficient (Wildman–Crippen LogP) is 3.24. The van der Waals surface area contributed by atoms with Crippen LogP contribution in [0, 0.1) is 11.3 Å². The molecule has 6 heteroatoms. The molecular formula is C16H24IN3O2. The van der Waals surface area contributed by atoms with Gasteiger partial charge in [0.2, 0.25) is 0 Å². The molecule has 3 N–H and O–H groups in total. The lowest BCUT2D eigenvalue weighted by atomic mass is 10.0. The number of anilines is 1. The van der Waals surface area contributed by atoms with Crippen LogP contribution in [0.3, 0.4) is 0 Å². The maximum Gasteiger partial charge on any atom is 0.193 e. The molecule has 0 atom stereocenters. The minimum atomic E-state index is 0. The Balaban J connectivity index is 0.00000176.